The van der Waals surface area contributed by atoms with Gasteiger partial charge in [0.15, 0.2) is 5.69 Å². The third-order valence-corrected chi connectivity index (χ3v) is 6.70. The summed E-state index contributed by atoms with van der Waals surface area (Å²) in [5.41, 5.74) is 0.570. The summed E-state index contributed by atoms with van der Waals surface area (Å²) in [6.07, 6.45) is 1.32. The van der Waals surface area contributed by atoms with Crippen LogP contribution in [0.2, 0.25) is 4.34 Å². The van der Waals surface area contributed by atoms with Gasteiger partial charge >= 0.3 is 5.97 Å². The SMILES string of the molecule is O=C(O)c1cc(Oc2ccc3nc(NS(=O)(=O)c4ccc(Cl)s4)nnc3c2)ccn1. The molecule has 1 aromatic carbocycles. The number of pyridine rings is 1. The molecule has 0 aliphatic carbocycles. The summed E-state index contributed by atoms with van der Waals surface area (Å²) in [6, 6.07) is 10.3. The minimum absolute atomic E-state index is 0.0259. The number of ether oxygens (including phenoxy) is 1. The topological polar surface area (TPSA) is 144 Å². The summed E-state index contributed by atoms with van der Waals surface area (Å²) >= 11 is 6.69. The van der Waals surface area contributed by atoms with Gasteiger partial charge in [-0.15, -0.1) is 21.5 Å². The summed E-state index contributed by atoms with van der Waals surface area (Å²) in [7, 11) is -3.88. The van der Waals surface area contributed by atoms with Crippen molar-refractivity contribution in [3.05, 3.63) is 58.7 Å². The highest BCUT2D eigenvalue weighted by molar-refractivity contribution is 7.94. The Kier molecular flexibility index (Phi) is 5.20. The lowest BCUT2D eigenvalue weighted by Gasteiger charge is -2.08. The molecule has 2 N–H and O–H groups in total. The van der Waals surface area contributed by atoms with Gasteiger partial charge in [-0.3, -0.25) is 0 Å². The lowest BCUT2D eigenvalue weighted by molar-refractivity contribution is 0.0690. The number of hydrogen-bond donors (Lipinski definition) is 2. The molecule has 3 aromatic heterocycles. The maximum atomic E-state index is 12.3. The Balaban J connectivity index is 1.57. The highest BCUT2D eigenvalue weighted by atomic mass is 35.5. The van der Waals surface area contributed by atoms with Gasteiger partial charge in [0.1, 0.15) is 21.2 Å². The third-order valence-electron chi connectivity index (χ3n) is 3.65. The first-order chi connectivity index (χ1) is 14.3. The lowest BCUT2D eigenvalue weighted by Crippen LogP contribution is -2.14. The molecule has 3 heterocycles. The molecule has 0 bridgehead atoms. The van der Waals surface area contributed by atoms with Crippen molar-refractivity contribution in [3.8, 4) is 11.5 Å². The van der Waals surface area contributed by atoms with Crippen LogP contribution in [0.3, 0.4) is 0 Å². The molecule has 0 aliphatic heterocycles. The number of rotatable bonds is 6. The number of nitrogens with one attached hydrogen (secondary N) is 1. The van der Waals surface area contributed by atoms with Crippen molar-refractivity contribution in [2.24, 2.45) is 0 Å². The number of aromatic carboxylic acids is 1. The van der Waals surface area contributed by atoms with E-state index in [2.05, 4.69) is 24.9 Å². The molecule has 0 atom stereocenters. The molecule has 0 saturated heterocycles. The van der Waals surface area contributed by atoms with Crippen LogP contribution in [0.4, 0.5) is 5.95 Å². The number of thiophene rings is 1. The van der Waals surface area contributed by atoms with Gasteiger partial charge in [0.25, 0.3) is 16.0 Å². The van der Waals surface area contributed by atoms with E-state index in [4.69, 9.17) is 21.4 Å². The van der Waals surface area contributed by atoms with Crippen LogP contribution >= 0.6 is 22.9 Å². The highest BCUT2D eigenvalue weighted by Crippen LogP contribution is 2.27. The minimum atomic E-state index is -3.88. The van der Waals surface area contributed by atoms with E-state index < -0.39 is 16.0 Å². The van der Waals surface area contributed by atoms with Crippen LogP contribution in [0.5, 0.6) is 11.5 Å². The van der Waals surface area contributed by atoms with Crippen LogP contribution in [-0.4, -0.2) is 39.7 Å². The average molecular weight is 464 g/mol. The zero-order chi connectivity index (χ0) is 21.3. The van der Waals surface area contributed by atoms with Crippen molar-refractivity contribution in [1.29, 1.82) is 0 Å². The molecule has 0 unspecified atom stereocenters. The second-order valence-electron chi connectivity index (χ2n) is 5.73. The zero-order valence-electron chi connectivity index (χ0n) is 14.7. The Morgan fingerprint density at radius 3 is 2.60 bits per heavy atom. The van der Waals surface area contributed by atoms with E-state index >= 15 is 0 Å². The van der Waals surface area contributed by atoms with Crippen LogP contribution in [0.25, 0.3) is 11.0 Å². The fourth-order valence-corrected chi connectivity index (χ4v) is 4.78. The molecule has 30 heavy (non-hydrogen) atoms. The summed E-state index contributed by atoms with van der Waals surface area (Å²) < 4.78 is 32.9. The molecule has 0 radical (unpaired) electrons. The minimum Gasteiger partial charge on any atom is -0.477 e. The molecule has 0 fully saturated rings. The predicted octanol–water partition coefficient (Wildman–Crippen LogP) is 3.43. The zero-order valence-corrected chi connectivity index (χ0v) is 17.1. The second kappa shape index (κ2) is 7.82. The van der Waals surface area contributed by atoms with Crippen molar-refractivity contribution in [3.63, 3.8) is 0 Å². The summed E-state index contributed by atoms with van der Waals surface area (Å²) in [4.78, 5) is 18.9. The standard InChI is InChI=1S/C17H10ClN5O5S2/c18-14-3-4-15(29-14)30(26,27)23-17-20-11-2-1-9(7-12(11)21-22-17)28-10-5-6-19-13(8-10)16(24)25/h1-8H,(H,24,25)(H,20,22,23). The van der Waals surface area contributed by atoms with Crippen molar-refractivity contribution in [1.82, 2.24) is 20.2 Å². The van der Waals surface area contributed by atoms with Gasteiger partial charge < -0.3 is 9.84 Å². The van der Waals surface area contributed by atoms with Crippen molar-refractivity contribution in [2.75, 3.05) is 4.72 Å². The number of benzene rings is 1. The smallest absolute Gasteiger partial charge is 0.354 e. The van der Waals surface area contributed by atoms with Gasteiger partial charge in [-0.05, 0) is 30.3 Å². The molecule has 0 aliphatic rings. The Morgan fingerprint density at radius 2 is 1.87 bits per heavy atom. The molecule has 0 amide bonds. The van der Waals surface area contributed by atoms with E-state index in [0.717, 1.165) is 11.3 Å². The van der Waals surface area contributed by atoms with Crippen LogP contribution in [0.1, 0.15) is 10.5 Å². The Labute approximate surface area is 178 Å². The molecular formula is C17H10ClN5O5S2. The fraction of sp³-hybridized carbons (Fsp3) is 0. The normalized spacial score (nSPS) is 11.4. The molecule has 4 aromatic rings. The largest absolute Gasteiger partial charge is 0.477 e. The fourth-order valence-electron chi connectivity index (χ4n) is 2.36. The molecule has 0 spiro atoms. The molecule has 152 valence electrons. The maximum Gasteiger partial charge on any atom is 0.354 e. The predicted molar refractivity (Wildman–Crippen MR) is 109 cm³/mol. The van der Waals surface area contributed by atoms with Gasteiger partial charge in [0.2, 0.25) is 0 Å². The molecule has 10 nitrogen and oxygen atoms in total. The summed E-state index contributed by atoms with van der Waals surface area (Å²) in [6.45, 7) is 0. The Bertz CT molecular complexity index is 1380. The highest BCUT2D eigenvalue weighted by Gasteiger charge is 2.18. The van der Waals surface area contributed by atoms with Crippen LogP contribution < -0.4 is 9.46 Å². The number of anilines is 1. The van der Waals surface area contributed by atoms with Gasteiger partial charge in [0, 0.05) is 18.3 Å². The number of aromatic nitrogens is 4. The van der Waals surface area contributed by atoms with E-state index in [1.807, 2.05) is 0 Å². The molecule has 4 rings (SSSR count). The number of carboxylic acid groups (broad SMARTS) is 1. The van der Waals surface area contributed by atoms with Gasteiger partial charge in [0.05, 0.1) is 9.85 Å². The maximum absolute atomic E-state index is 12.3. The number of hydrogen-bond acceptors (Lipinski definition) is 9. The van der Waals surface area contributed by atoms with E-state index in [1.54, 1.807) is 12.1 Å². The van der Waals surface area contributed by atoms with Gasteiger partial charge in [-0.25, -0.2) is 27.9 Å². The summed E-state index contributed by atoms with van der Waals surface area (Å²) in [5, 5.41) is 16.7. The number of halogens is 1. The monoisotopic (exact) mass is 463 g/mol. The molecule has 13 heteroatoms. The Hall–Kier alpha value is -3.35. The molecular weight excluding hydrogens is 454 g/mol. The van der Waals surface area contributed by atoms with E-state index in [1.165, 1.54) is 36.5 Å². The van der Waals surface area contributed by atoms with E-state index in [0.29, 0.717) is 21.1 Å². The number of carbonyl (C=O) groups is 1. The van der Waals surface area contributed by atoms with Crippen LogP contribution in [-0.2, 0) is 10.0 Å². The van der Waals surface area contributed by atoms with Crippen LogP contribution in [0.15, 0.2) is 52.9 Å². The first kappa shape index (κ1) is 19.9. The number of sulfonamides is 1. The quantitative estimate of drug-likeness (QED) is 0.439. The molecule has 0 saturated carbocycles. The lowest BCUT2D eigenvalue weighted by atomic mass is 10.3. The van der Waals surface area contributed by atoms with Gasteiger partial charge in [-0.2, -0.15) is 0 Å². The third kappa shape index (κ3) is 4.30. The van der Waals surface area contributed by atoms with Gasteiger partial charge in [-0.1, -0.05) is 11.6 Å². The van der Waals surface area contributed by atoms with Crippen molar-refractivity contribution < 1.29 is 23.1 Å². The van der Waals surface area contributed by atoms with E-state index in [9.17, 15) is 13.2 Å². The first-order valence-corrected chi connectivity index (χ1v) is 10.8. The second-order valence-corrected chi connectivity index (χ2v) is 9.36. The summed E-state index contributed by atoms with van der Waals surface area (Å²) in [5.74, 6) is -0.723. The van der Waals surface area contributed by atoms with E-state index in [-0.39, 0.29) is 21.6 Å². The first-order valence-electron chi connectivity index (χ1n) is 8.10. The van der Waals surface area contributed by atoms with Crippen molar-refractivity contribution in [2.45, 2.75) is 4.21 Å². The van der Waals surface area contributed by atoms with Crippen LogP contribution in [0, 0.1) is 0 Å². The Morgan fingerprint density at radius 1 is 1.07 bits per heavy atom. The van der Waals surface area contributed by atoms with Crippen molar-refractivity contribution >= 4 is 55.9 Å². The average Bonchev–Trinajstić information content (AvgIpc) is 3.15. The number of carboxylic acids is 1. The number of nitrogens with zero attached hydrogens (tertiary/aromatic N) is 4. The number of fused-ring (bicyclic) bond motifs is 1.